The van der Waals surface area contributed by atoms with Gasteiger partial charge in [-0.1, -0.05) is 20.8 Å². The highest BCUT2D eigenvalue weighted by molar-refractivity contribution is 6.35. The zero-order valence-electron chi connectivity index (χ0n) is 21.6. The van der Waals surface area contributed by atoms with Crippen LogP contribution in [0.2, 0.25) is 0 Å². The van der Waals surface area contributed by atoms with Crippen molar-refractivity contribution in [2.75, 3.05) is 19.7 Å². The molecule has 206 valence electrons. The Hall–Kier alpha value is -2.54. The van der Waals surface area contributed by atoms with Crippen LogP contribution in [0.25, 0.3) is 0 Å². The van der Waals surface area contributed by atoms with Gasteiger partial charge in [0.25, 0.3) is 0 Å². The zero-order valence-corrected chi connectivity index (χ0v) is 21.6. The lowest BCUT2D eigenvalue weighted by atomic mass is 9.79. The van der Waals surface area contributed by atoms with Gasteiger partial charge in [0, 0.05) is 24.5 Å². The van der Waals surface area contributed by atoms with Crippen LogP contribution in [-0.4, -0.2) is 73.0 Å². The molecule has 1 heterocycles. The molecule has 0 saturated carbocycles. The molecule has 3 amide bonds. The van der Waals surface area contributed by atoms with Crippen LogP contribution in [0.15, 0.2) is 0 Å². The second-order valence-corrected chi connectivity index (χ2v) is 11.3. The third-order valence-electron chi connectivity index (χ3n) is 5.24. The fourth-order valence-electron chi connectivity index (χ4n) is 3.93. The van der Waals surface area contributed by atoms with Crippen LogP contribution in [0.1, 0.15) is 60.8 Å². The van der Waals surface area contributed by atoms with Crippen molar-refractivity contribution in [1.29, 1.82) is 0 Å². The monoisotopic (exact) mass is 522 g/mol. The van der Waals surface area contributed by atoms with Crippen molar-refractivity contribution in [2.45, 2.75) is 84.3 Å². The number of aldehydes is 1. The van der Waals surface area contributed by atoms with Crippen LogP contribution >= 0.6 is 0 Å². The molecule has 1 fully saturated rings. The van der Waals surface area contributed by atoms with Crippen LogP contribution in [0.4, 0.5) is 13.2 Å². The van der Waals surface area contributed by atoms with Crippen LogP contribution in [0.5, 0.6) is 0 Å². The summed E-state index contributed by atoms with van der Waals surface area (Å²) in [6.45, 7) is 9.06. The van der Waals surface area contributed by atoms with E-state index in [2.05, 4.69) is 26.0 Å². The van der Waals surface area contributed by atoms with Crippen LogP contribution < -0.4 is 21.3 Å². The minimum absolute atomic E-state index is 0.0366. The maximum absolute atomic E-state index is 12.6. The first-order valence-corrected chi connectivity index (χ1v) is 11.6. The van der Waals surface area contributed by atoms with Crippen molar-refractivity contribution in [3.63, 3.8) is 0 Å². The van der Waals surface area contributed by atoms with Gasteiger partial charge < -0.3 is 26.1 Å². The molecule has 0 aliphatic carbocycles. The summed E-state index contributed by atoms with van der Waals surface area (Å²) in [5, 5.41) is 10.3. The molecule has 10 nitrogen and oxygen atoms in total. The first kappa shape index (κ1) is 31.5. The van der Waals surface area contributed by atoms with Crippen molar-refractivity contribution in [3.05, 3.63) is 0 Å². The number of carbonyl (C=O) groups excluding carboxylic acids is 5. The fraction of sp³-hybridized carbons (Fsp3) is 0.783. The van der Waals surface area contributed by atoms with Gasteiger partial charge in [-0.3, -0.25) is 23.9 Å². The second-order valence-electron chi connectivity index (χ2n) is 11.3. The standard InChI is InChI=1S/C23H37F3N4O6/c1-20(2,3)11-22(13-31,30-19(35)18(34)29-21(4,5)6)12-28-15(9-14-7-8-27-17(14)33)16(32)10-36-23(24,25)26/h13-15,28H,7-12H2,1-6H3,(H,27,33)(H,29,34)(H,30,35)/t14-,15-,22+/m0/s1. The molecule has 0 bridgehead atoms. The normalized spacial score (nSPS) is 19.1. The van der Waals surface area contributed by atoms with Crippen LogP contribution in [0.3, 0.4) is 0 Å². The highest BCUT2D eigenvalue weighted by atomic mass is 19.4. The summed E-state index contributed by atoms with van der Waals surface area (Å²) in [5.41, 5.74) is -2.94. The molecule has 1 rings (SSSR count). The van der Waals surface area contributed by atoms with E-state index in [1.54, 1.807) is 41.5 Å². The minimum Gasteiger partial charge on any atom is -0.356 e. The lowest BCUT2D eigenvalue weighted by molar-refractivity contribution is -0.321. The van der Waals surface area contributed by atoms with E-state index in [1.807, 2.05) is 0 Å². The maximum atomic E-state index is 12.6. The Bertz CT molecular complexity index is 835. The van der Waals surface area contributed by atoms with Gasteiger partial charge in [0.1, 0.15) is 18.4 Å². The number of carbonyl (C=O) groups is 5. The highest BCUT2D eigenvalue weighted by Crippen LogP contribution is 2.27. The largest absolute Gasteiger partial charge is 0.522 e. The third kappa shape index (κ3) is 11.5. The predicted molar refractivity (Wildman–Crippen MR) is 123 cm³/mol. The number of hydrogen-bond donors (Lipinski definition) is 4. The van der Waals surface area contributed by atoms with E-state index in [9.17, 15) is 37.1 Å². The zero-order chi connectivity index (χ0) is 27.9. The summed E-state index contributed by atoms with van der Waals surface area (Å²) in [6, 6.07) is -1.28. The summed E-state index contributed by atoms with van der Waals surface area (Å²) < 4.78 is 41.2. The number of halogens is 3. The van der Waals surface area contributed by atoms with Gasteiger partial charge >= 0.3 is 18.2 Å². The maximum Gasteiger partial charge on any atom is 0.522 e. The van der Waals surface area contributed by atoms with E-state index in [4.69, 9.17) is 0 Å². The van der Waals surface area contributed by atoms with E-state index < -0.39 is 59.0 Å². The van der Waals surface area contributed by atoms with E-state index in [0.29, 0.717) is 19.3 Å². The molecule has 13 heteroatoms. The molecular formula is C23H37F3N4O6. The van der Waals surface area contributed by atoms with E-state index in [0.717, 1.165) is 0 Å². The molecule has 0 unspecified atom stereocenters. The summed E-state index contributed by atoms with van der Waals surface area (Å²) in [7, 11) is 0. The summed E-state index contributed by atoms with van der Waals surface area (Å²) in [6.07, 6.45) is -4.31. The lowest BCUT2D eigenvalue weighted by Gasteiger charge is -2.36. The van der Waals surface area contributed by atoms with Crippen molar-refractivity contribution in [2.24, 2.45) is 11.3 Å². The number of ketones is 1. The van der Waals surface area contributed by atoms with E-state index in [1.165, 1.54) is 0 Å². The van der Waals surface area contributed by atoms with Crippen molar-refractivity contribution >= 4 is 29.8 Å². The number of nitrogens with one attached hydrogen (secondary N) is 4. The summed E-state index contributed by atoms with van der Waals surface area (Å²) >= 11 is 0. The van der Waals surface area contributed by atoms with Gasteiger partial charge in [-0.25, -0.2) is 0 Å². The molecule has 0 aromatic rings. The van der Waals surface area contributed by atoms with E-state index >= 15 is 0 Å². The second kappa shape index (κ2) is 12.1. The average Bonchev–Trinajstić information content (AvgIpc) is 3.10. The van der Waals surface area contributed by atoms with Crippen molar-refractivity contribution in [1.82, 2.24) is 21.3 Å². The van der Waals surface area contributed by atoms with Gasteiger partial charge in [-0.05, 0) is 45.4 Å². The van der Waals surface area contributed by atoms with Gasteiger partial charge in [0.2, 0.25) is 5.91 Å². The molecule has 3 atom stereocenters. The molecule has 0 spiro atoms. The van der Waals surface area contributed by atoms with Crippen molar-refractivity contribution in [3.8, 4) is 0 Å². The predicted octanol–water partition coefficient (Wildman–Crippen LogP) is 0.981. The Balaban J connectivity index is 3.15. The summed E-state index contributed by atoms with van der Waals surface area (Å²) in [5.74, 6) is -4.00. The number of hydrogen-bond acceptors (Lipinski definition) is 7. The van der Waals surface area contributed by atoms with Gasteiger partial charge in [0.05, 0.1) is 6.04 Å². The molecule has 1 aliphatic rings. The molecule has 0 radical (unpaired) electrons. The van der Waals surface area contributed by atoms with Gasteiger partial charge in [0.15, 0.2) is 5.78 Å². The molecule has 4 N–H and O–H groups in total. The molecular weight excluding hydrogens is 485 g/mol. The van der Waals surface area contributed by atoms with Gasteiger partial charge in [-0.15, -0.1) is 13.2 Å². The van der Waals surface area contributed by atoms with E-state index in [-0.39, 0.29) is 25.3 Å². The van der Waals surface area contributed by atoms with Crippen LogP contribution in [0, 0.1) is 11.3 Å². The molecule has 36 heavy (non-hydrogen) atoms. The first-order valence-electron chi connectivity index (χ1n) is 11.6. The lowest BCUT2D eigenvalue weighted by Crippen LogP contribution is -2.62. The first-order chi connectivity index (χ1) is 16.3. The smallest absolute Gasteiger partial charge is 0.356 e. The fourth-order valence-corrected chi connectivity index (χ4v) is 3.93. The Labute approximate surface area is 208 Å². The number of Topliss-reactive ketones (excluding diaryl/α,β-unsaturated/α-hetero) is 1. The van der Waals surface area contributed by atoms with Gasteiger partial charge in [-0.2, -0.15) is 0 Å². The van der Waals surface area contributed by atoms with Crippen LogP contribution in [-0.2, 0) is 28.7 Å². The highest BCUT2D eigenvalue weighted by Gasteiger charge is 2.40. The Morgan fingerprint density at radius 1 is 1.08 bits per heavy atom. The number of rotatable bonds is 11. The molecule has 1 saturated heterocycles. The third-order valence-corrected chi connectivity index (χ3v) is 5.24. The summed E-state index contributed by atoms with van der Waals surface area (Å²) in [4.78, 5) is 61.8. The number of alkyl halides is 3. The molecule has 0 aromatic carbocycles. The topological polar surface area (TPSA) is 143 Å². The Kier molecular flexibility index (Phi) is 10.6. The molecule has 0 aromatic heterocycles. The SMILES string of the molecule is CC(C)(C)C[C@](C=O)(CN[C@@H](C[C@@H]1CCNC1=O)C(=O)COC(F)(F)F)NC(=O)C(=O)NC(C)(C)C. The average molecular weight is 523 g/mol. The Morgan fingerprint density at radius 2 is 1.67 bits per heavy atom. The Morgan fingerprint density at radius 3 is 2.11 bits per heavy atom. The minimum atomic E-state index is -5.03. The number of amides is 3. The van der Waals surface area contributed by atoms with Crippen molar-refractivity contribution < 1.29 is 41.9 Å². The molecule has 1 aliphatic heterocycles. The number of ether oxygens (including phenoxy) is 1. The quantitative estimate of drug-likeness (QED) is 0.234.